The lowest BCUT2D eigenvalue weighted by atomic mass is 10.5. The van der Waals surface area contributed by atoms with Crippen LogP contribution in [-0.2, 0) is 9.59 Å². The van der Waals surface area contributed by atoms with Crippen molar-refractivity contribution in [2.75, 3.05) is 0 Å². The van der Waals surface area contributed by atoms with Crippen LogP contribution in [0.15, 0.2) is 24.9 Å². The van der Waals surface area contributed by atoms with Crippen LogP contribution in [0.5, 0.6) is 0 Å². The van der Waals surface area contributed by atoms with Crippen molar-refractivity contribution >= 4 is 12.4 Å². The Morgan fingerprint density at radius 2 is 2.18 bits per heavy atom. The number of hydrogen-bond acceptors (Lipinski definition) is 2. The number of hydrogen-bond donors (Lipinski definition) is 2. The minimum Gasteiger partial charge on any atom is -0.478 e. The quantitative estimate of drug-likeness (QED) is 0.463. The molecule has 0 saturated carbocycles. The molecule has 4 heteroatoms. The number of allylic oxidation sites excluding steroid dienone is 1. The minimum absolute atomic E-state index is 0.562. The van der Waals surface area contributed by atoms with Crippen LogP contribution in [0.25, 0.3) is 0 Å². The Balaban J connectivity index is 0. The van der Waals surface area contributed by atoms with Gasteiger partial charge in [-0.05, 0) is 13.1 Å². The van der Waals surface area contributed by atoms with Gasteiger partial charge in [-0.15, -0.1) is 0 Å². The first-order chi connectivity index (χ1) is 5.18. The van der Waals surface area contributed by atoms with E-state index >= 15 is 0 Å². The van der Waals surface area contributed by atoms with Crippen molar-refractivity contribution in [3.05, 3.63) is 24.9 Å². The van der Waals surface area contributed by atoms with Crippen LogP contribution in [0.2, 0.25) is 0 Å². The van der Waals surface area contributed by atoms with Crippen molar-refractivity contribution < 1.29 is 14.7 Å². The molecule has 0 atom stereocenters. The average molecular weight is 157 g/mol. The van der Waals surface area contributed by atoms with Gasteiger partial charge in [-0.2, -0.15) is 0 Å². The summed E-state index contributed by atoms with van der Waals surface area (Å²) in [5.41, 5.74) is 0. The van der Waals surface area contributed by atoms with Crippen molar-refractivity contribution in [3.63, 3.8) is 0 Å². The molecule has 0 aliphatic heterocycles. The van der Waals surface area contributed by atoms with Gasteiger partial charge in [0.25, 0.3) is 0 Å². The van der Waals surface area contributed by atoms with Gasteiger partial charge in [0.1, 0.15) is 0 Å². The summed E-state index contributed by atoms with van der Waals surface area (Å²) in [5.74, 6) is -0.891. The van der Waals surface area contributed by atoms with Crippen molar-refractivity contribution in [3.8, 4) is 0 Å². The number of amides is 1. The fraction of sp³-hybridized carbons (Fsp3) is 0.143. The van der Waals surface area contributed by atoms with E-state index in [9.17, 15) is 9.59 Å². The molecule has 11 heavy (non-hydrogen) atoms. The predicted molar refractivity (Wildman–Crippen MR) is 41.8 cm³/mol. The summed E-state index contributed by atoms with van der Waals surface area (Å²) in [6.45, 7) is 4.87. The smallest absolute Gasteiger partial charge is 0.327 e. The monoisotopic (exact) mass is 157 g/mol. The first-order valence-electron chi connectivity index (χ1n) is 2.85. The van der Waals surface area contributed by atoms with Gasteiger partial charge in [0.15, 0.2) is 0 Å². The highest BCUT2D eigenvalue weighted by molar-refractivity contribution is 5.79. The van der Waals surface area contributed by atoms with E-state index in [0.717, 1.165) is 6.08 Å². The lowest BCUT2D eigenvalue weighted by Gasteiger charge is -1.70. The molecule has 4 nitrogen and oxygen atoms in total. The van der Waals surface area contributed by atoms with Gasteiger partial charge in [0.2, 0.25) is 6.41 Å². The number of carboxylic acids is 1. The number of rotatable bonds is 3. The SMILES string of the molecule is C=CNC=O.CC=CC(=O)O. The Hall–Kier alpha value is -1.58. The third-order valence-corrected chi connectivity index (χ3v) is 0.495. The molecule has 0 fully saturated rings. The van der Waals surface area contributed by atoms with Gasteiger partial charge in [-0.3, -0.25) is 4.79 Å². The summed E-state index contributed by atoms with van der Waals surface area (Å²) in [5, 5.41) is 10.0. The van der Waals surface area contributed by atoms with Crippen LogP contribution in [0.1, 0.15) is 6.92 Å². The van der Waals surface area contributed by atoms with E-state index in [-0.39, 0.29) is 0 Å². The van der Waals surface area contributed by atoms with Gasteiger partial charge >= 0.3 is 5.97 Å². The summed E-state index contributed by atoms with van der Waals surface area (Å²) >= 11 is 0. The first-order valence-corrected chi connectivity index (χ1v) is 2.85. The van der Waals surface area contributed by atoms with Crippen molar-refractivity contribution in [2.24, 2.45) is 0 Å². The van der Waals surface area contributed by atoms with Crippen LogP contribution < -0.4 is 5.32 Å². The first kappa shape index (κ1) is 12.1. The molecule has 0 heterocycles. The van der Waals surface area contributed by atoms with E-state index in [2.05, 4.69) is 11.9 Å². The molecule has 0 saturated heterocycles. The van der Waals surface area contributed by atoms with Gasteiger partial charge in [-0.25, -0.2) is 4.79 Å². The zero-order valence-electron chi connectivity index (χ0n) is 6.28. The minimum atomic E-state index is -0.891. The largest absolute Gasteiger partial charge is 0.478 e. The lowest BCUT2D eigenvalue weighted by Crippen LogP contribution is -1.96. The molecule has 0 radical (unpaired) electrons. The maximum atomic E-state index is 9.51. The van der Waals surface area contributed by atoms with Gasteiger partial charge in [0.05, 0.1) is 0 Å². The normalized spacial score (nSPS) is 7.73. The second-order valence-corrected chi connectivity index (χ2v) is 1.33. The Morgan fingerprint density at radius 1 is 1.64 bits per heavy atom. The number of carbonyl (C=O) groups excluding carboxylic acids is 1. The number of carboxylic acid groups (broad SMARTS) is 1. The highest BCUT2D eigenvalue weighted by Crippen LogP contribution is 1.65. The molecule has 0 rings (SSSR count). The van der Waals surface area contributed by atoms with Crippen LogP contribution in [0.4, 0.5) is 0 Å². The summed E-state index contributed by atoms with van der Waals surface area (Å²) < 4.78 is 0. The molecule has 0 aromatic carbocycles. The lowest BCUT2D eigenvalue weighted by molar-refractivity contribution is -0.131. The van der Waals surface area contributed by atoms with Crippen molar-refractivity contribution in [2.45, 2.75) is 6.92 Å². The number of aliphatic carboxylic acids is 1. The standard InChI is InChI=1S/C4H6O2.C3H5NO/c1-2-3-4(5)6;1-2-4-3-5/h2-3H,1H3,(H,5,6);2-3H,1H2,(H,4,5). The van der Waals surface area contributed by atoms with Crippen LogP contribution in [-0.4, -0.2) is 17.5 Å². The maximum absolute atomic E-state index is 9.51. The Morgan fingerprint density at radius 3 is 2.18 bits per heavy atom. The van der Waals surface area contributed by atoms with Gasteiger partial charge in [0, 0.05) is 6.08 Å². The highest BCUT2D eigenvalue weighted by atomic mass is 16.4. The number of nitrogens with one attached hydrogen (secondary N) is 1. The molecule has 0 spiro atoms. The molecular formula is C7H11NO3. The fourth-order valence-electron chi connectivity index (χ4n) is 0.191. The van der Waals surface area contributed by atoms with E-state index in [0.29, 0.717) is 6.41 Å². The molecule has 0 aromatic heterocycles. The van der Waals surface area contributed by atoms with E-state index in [1.54, 1.807) is 6.92 Å². The van der Waals surface area contributed by atoms with E-state index in [4.69, 9.17) is 5.11 Å². The number of carbonyl (C=O) groups is 2. The van der Waals surface area contributed by atoms with Crippen molar-refractivity contribution in [1.82, 2.24) is 5.32 Å². The predicted octanol–water partition coefficient (Wildman–Crippen LogP) is 0.523. The van der Waals surface area contributed by atoms with E-state index < -0.39 is 5.97 Å². The second kappa shape index (κ2) is 11.2. The van der Waals surface area contributed by atoms with Crippen LogP contribution in [0, 0.1) is 0 Å². The Bertz CT molecular complexity index is 146. The second-order valence-electron chi connectivity index (χ2n) is 1.33. The third kappa shape index (κ3) is 29.7. The molecule has 0 bridgehead atoms. The molecule has 0 unspecified atom stereocenters. The molecule has 2 N–H and O–H groups in total. The molecule has 0 aliphatic rings. The fourth-order valence-corrected chi connectivity index (χ4v) is 0.191. The zero-order valence-corrected chi connectivity index (χ0v) is 6.28. The van der Waals surface area contributed by atoms with Gasteiger partial charge in [-0.1, -0.05) is 12.7 Å². The summed E-state index contributed by atoms with van der Waals surface area (Å²) in [6.07, 6.45) is 4.43. The molecule has 1 amide bonds. The Labute approximate surface area is 65.2 Å². The van der Waals surface area contributed by atoms with Crippen LogP contribution >= 0.6 is 0 Å². The zero-order chi connectivity index (χ0) is 9.11. The molecule has 0 aliphatic carbocycles. The topological polar surface area (TPSA) is 66.4 Å². The Kier molecular flexibility index (Phi) is 12.4. The van der Waals surface area contributed by atoms with Crippen LogP contribution in [0.3, 0.4) is 0 Å². The molecule has 0 aromatic rings. The van der Waals surface area contributed by atoms with Gasteiger partial charge < -0.3 is 10.4 Å². The third-order valence-electron chi connectivity index (χ3n) is 0.495. The maximum Gasteiger partial charge on any atom is 0.327 e. The van der Waals surface area contributed by atoms with E-state index in [1.165, 1.54) is 12.3 Å². The highest BCUT2D eigenvalue weighted by Gasteiger charge is 1.76. The van der Waals surface area contributed by atoms with E-state index in [1.807, 2.05) is 0 Å². The molecular weight excluding hydrogens is 146 g/mol. The summed E-state index contributed by atoms with van der Waals surface area (Å²) in [7, 11) is 0. The molecule has 62 valence electrons. The summed E-state index contributed by atoms with van der Waals surface area (Å²) in [4.78, 5) is 18.7. The average Bonchev–Trinajstić information content (AvgIpc) is 1.90. The summed E-state index contributed by atoms with van der Waals surface area (Å²) in [6, 6.07) is 0. The van der Waals surface area contributed by atoms with Crippen molar-refractivity contribution in [1.29, 1.82) is 0 Å².